The molecule has 0 atom stereocenters. The summed E-state index contributed by atoms with van der Waals surface area (Å²) in [6.45, 7) is 1.86. The summed E-state index contributed by atoms with van der Waals surface area (Å²) in [5, 5.41) is 13.2. The second-order valence-electron chi connectivity index (χ2n) is 6.63. The lowest BCUT2D eigenvalue weighted by Crippen LogP contribution is -2.13. The van der Waals surface area contributed by atoms with Crippen molar-refractivity contribution < 1.29 is 23.2 Å². The average molecular weight is 417 g/mol. The van der Waals surface area contributed by atoms with Crippen LogP contribution < -0.4 is 4.74 Å². The molecular weight excluding hydrogens is 401 g/mol. The van der Waals surface area contributed by atoms with Gasteiger partial charge in [0.05, 0.1) is 34.0 Å². The molecule has 31 heavy (non-hydrogen) atoms. The molecule has 0 saturated carbocycles. The molecule has 2 aromatic heterocycles. The van der Waals surface area contributed by atoms with Crippen LogP contribution in [0.4, 0.5) is 4.39 Å². The highest BCUT2D eigenvalue weighted by atomic mass is 19.1. The first-order valence-electron chi connectivity index (χ1n) is 9.38. The molecule has 4 aromatic rings. The van der Waals surface area contributed by atoms with Crippen LogP contribution in [0.3, 0.4) is 0 Å². The minimum Gasteiger partial charge on any atom is -0.490 e. The summed E-state index contributed by atoms with van der Waals surface area (Å²) in [6.07, 6.45) is 0. The molecule has 0 aliphatic heterocycles. The molecule has 154 valence electrons. The molecule has 0 radical (unpaired) electrons. The predicted molar refractivity (Wildman–Crippen MR) is 109 cm³/mol. The zero-order chi connectivity index (χ0) is 21.8. The number of pyridine rings is 1. The summed E-state index contributed by atoms with van der Waals surface area (Å²) >= 11 is 0. The third kappa shape index (κ3) is 4.36. The Labute approximate surface area is 176 Å². The lowest BCUT2D eigenvalue weighted by molar-refractivity contribution is 0.0452. The van der Waals surface area contributed by atoms with E-state index in [1.54, 1.807) is 49.4 Å². The first kappa shape index (κ1) is 20.0. The van der Waals surface area contributed by atoms with Gasteiger partial charge in [-0.3, -0.25) is 0 Å². The maximum Gasteiger partial charge on any atom is 0.339 e. The van der Waals surface area contributed by atoms with Gasteiger partial charge in [0.1, 0.15) is 24.8 Å². The van der Waals surface area contributed by atoms with Crippen molar-refractivity contribution >= 4 is 17.1 Å². The Bertz CT molecular complexity index is 1280. The van der Waals surface area contributed by atoms with Crippen molar-refractivity contribution in [1.82, 2.24) is 10.1 Å². The first-order valence-corrected chi connectivity index (χ1v) is 9.38. The molecule has 0 bridgehead atoms. The highest BCUT2D eigenvalue weighted by Gasteiger charge is 2.20. The van der Waals surface area contributed by atoms with Gasteiger partial charge in [-0.2, -0.15) is 5.26 Å². The monoisotopic (exact) mass is 417 g/mol. The summed E-state index contributed by atoms with van der Waals surface area (Å²) in [6, 6.07) is 16.0. The second kappa shape index (κ2) is 8.63. The molecule has 4 rings (SSSR count). The van der Waals surface area contributed by atoms with Gasteiger partial charge < -0.3 is 14.0 Å². The van der Waals surface area contributed by atoms with Crippen molar-refractivity contribution in [2.75, 3.05) is 13.2 Å². The van der Waals surface area contributed by atoms with Gasteiger partial charge in [-0.15, -0.1) is 0 Å². The Hall–Kier alpha value is -4.25. The molecule has 0 unspecified atom stereocenters. The van der Waals surface area contributed by atoms with Gasteiger partial charge in [-0.25, -0.2) is 14.2 Å². The molecule has 8 heteroatoms. The number of benzene rings is 2. The number of ether oxygens (including phenoxy) is 2. The Morgan fingerprint density at radius 1 is 1.13 bits per heavy atom. The minimum absolute atomic E-state index is 0.0128. The average Bonchev–Trinajstić information content (AvgIpc) is 3.17. The van der Waals surface area contributed by atoms with Crippen LogP contribution in [0.1, 0.15) is 21.6 Å². The van der Waals surface area contributed by atoms with Crippen molar-refractivity contribution in [1.29, 1.82) is 5.26 Å². The van der Waals surface area contributed by atoms with E-state index in [2.05, 4.69) is 10.1 Å². The zero-order valence-electron chi connectivity index (χ0n) is 16.5. The number of halogens is 1. The fraction of sp³-hybridized carbons (Fsp3) is 0.130. The van der Waals surface area contributed by atoms with Crippen molar-refractivity contribution in [2.24, 2.45) is 0 Å². The molecule has 0 saturated heterocycles. The van der Waals surface area contributed by atoms with Gasteiger partial charge >= 0.3 is 5.97 Å². The van der Waals surface area contributed by atoms with E-state index in [-0.39, 0.29) is 30.3 Å². The number of aromatic nitrogens is 2. The van der Waals surface area contributed by atoms with E-state index >= 15 is 0 Å². The first-order chi connectivity index (χ1) is 15.0. The van der Waals surface area contributed by atoms with Crippen molar-refractivity contribution in [3.8, 4) is 23.1 Å². The van der Waals surface area contributed by atoms with Crippen LogP contribution in [-0.4, -0.2) is 29.3 Å². The molecule has 0 fully saturated rings. The summed E-state index contributed by atoms with van der Waals surface area (Å²) in [5.41, 5.74) is 2.54. The Kier molecular flexibility index (Phi) is 5.58. The van der Waals surface area contributed by atoms with Crippen LogP contribution in [0.25, 0.3) is 22.4 Å². The Balaban J connectivity index is 1.50. The highest BCUT2D eigenvalue weighted by molar-refractivity contribution is 6.04. The summed E-state index contributed by atoms with van der Waals surface area (Å²) in [4.78, 5) is 17.2. The van der Waals surface area contributed by atoms with E-state index in [1.165, 1.54) is 12.1 Å². The fourth-order valence-electron chi connectivity index (χ4n) is 3.02. The van der Waals surface area contributed by atoms with Gasteiger partial charge in [0.15, 0.2) is 0 Å². The minimum atomic E-state index is -0.578. The maximum absolute atomic E-state index is 13.3. The number of hydrogen-bond donors (Lipinski definition) is 0. The van der Waals surface area contributed by atoms with Crippen molar-refractivity contribution in [3.63, 3.8) is 0 Å². The smallest absolute Gasteiger partial charge is 0.339 e. The largest absolute Gasteiger partial charge is 0.490 e. The summed E-state index contributed by atoms with van der Waals surface area (Å²) < 4.78 is 29.4. The van der Waals surface area contributed by atoms with E-state index < -0.39 is 5.97 Å². The van der Waals surface area contributed by atoms with E-state index in [9.17, 15) is 9.18 Å². The number of nitrogens with zero attached hydrogens (tertiary/aromatic N) is 3. The van der Waals surface area contributed by atoms with E-state index in [0.717, 1.165) is 0 Å². The summed E-state index contributed by atoms with van der Waals surface area (Å²) in [7, 11) is 0. The van der Waals surface area contributed by atoms with Crippen LogP contribution in [0.15, 0.2) is 59.1 Å². The zero-order valence-corrected chi connectivity index (χ0v) is 16.5. The normalized spacial score (nSPS) is 10.6. The van der Waals surface area contributed by atoms with Crippen molar-refractivity contribution in [2.45, 2.75) is 6.92 Å². The van der Waals surface area contributed by atoms with Crippen LogP contribution in [0.5, 0.6) is 5.75 Å². The topological polar surface area (TPSA) is 98.2 Å². The highest BCUT2D eigenvalue weighted by Crippen LogP contribution is 2.27. The Morgan fingerprint density at radius 2 is 1.87 bits per heavy atom. The van der Waals surface area contributed by atoms with Gasteiger partial charge in [-0.05, 0) is 61.5 Å². The SMILES string of the molecule is Cc1noc2nc(-c3ccc(F)cc3)cc(C(=O)OCCOc3ccc(C#N)cc3)c12. The van der Waals surface area contributed by atoms with Gasteiger partial charge in [0.25, 0.3) is 5.71 Å². The standard InChI is InChI=1S/C23H16FN3O4/c1-14-21-19(23(28)30-11-10-29-18-8-2-15(13-25)3-9-18)12-20(26-22(21)31-27-14)16-4-6-17(24)7-5-16/h2-9,12H,10-11H2,1H3. The van der Waals surface area contributed by atoms with Gasteiger partial charge in [0, 0.05) is 5.56 Å². The predicted octanol–water partition coefficient (Wildman–Crippen LogP) is 4.44. The van der Waals surface area contributed by atoms with E-state index in [0.29, 0.717) is 33.7 Å². The van der Waals surface area contributed by atoms with Crippen LogP contribution >= 0.6 is 0 Å². The van der Waals surface area contributed by atoms with Gasteiger partial charge in [0.2, 0.25) is 0 Å². The van der Waals surface area contributed by atoms with Gasteiger partial charge in [-0.1, -0.05) is 5.16 Å². The second-order valence-corrected chi connectivity index (χ2v) is 6.63. The quantitative estimate of drug-likeness (QED) is 0.338. The number of esters is 1. The van der Waals surface area contributed by atoms with E-state index in [4.69, 9.17) is 19.3 Å². The maximum atomic E-state index is 13.3. The molecule has 7 nitrogen and oxygen atoms in total. The number of aryl methyl sites for hydroxylation is 1. The fourth-order valence-corrected chi connectivity index (χ4v) is 3.02. The van der Waals surface area contributed by atoms with Crippen LogP contribution in [-0.2, 0) is 4.74 Å². The number of fused-ring (bicyclic) bond motifs is 1. The number of carbonyl (C=O) groups excluding carboxylic acids is 1. The molecule has 0 aliphatic carbocycles. The number of hydrogen-bond acceptors (Lipinski definition) is 7. The molecule has 0 spiro atoms. The lowest BCUT2D eigenvalue weighted by Gasteiger charge is -2.09. The number of rotatable bonds is 6. The molecule has 0 N–H and O–H groups in total. The molecule has 2 aromatic carbocycles. The number of nitriles is 1. The third-order valence-corrected chi connectivity index (χ3v) is 4.55. The molecule has 0 amide bonds. The van der Waals surface area contributed by atoms with E-state index in [1.807, 2.05) is 6.07 Å². The lowest BCUT2D eigenvalue weighted by atomic mass is 10.1. The molecule has 2 heterocycles. The number of carbonyl (C=O) groups is 1. The van der Waals surface area contributed by atoms with Crippen molar-refractivity contribution in [3.05, 3.63) is 77.2 Å². The van der Waals surface area contributed by atoms with Crippen LogP contribution in [0, 0.1) is 24.1 Å². The summed E-state index contributed by atoms with van der Waals surface area (Å²) in [5.74, 6) is -0.387. The molecule has 0 aliphatic rings. The van der Waals surface area contributed by atoms with Crippen LogP contribution in [0.2, 0.25) is 0 Å². The third-order valence-electron chi connectivity index (χ3n) is 4.55. The Morgan fingerprint density at radius 3 is 2.58 bits per heavy atom. The molecular formula is C23H16FN3O4.